The van der Waals surface area contributed by atoms with Crippen LogP contribution in [0.2, 0.25) is 0 Å². The molecule has 1 unspecified atom stereocenters. The minimum absolute atomic E-state index is 0.0933. The summed E-state index contributed by atoms with van der Waals surface area (Å²) in [5, 5.41) is 4.40. The molecular weight excluding hydrogens is 252 g/mol. The van der Waals surface area contributed by atoms with Gasteiger partial charge < -0.3 is 15.4 Å². The van der Waals surface area contributed by atoms with Crippen LogP contribution >= 0.6 is 0 Å². The number of aromatic nitrogens is 2. The number of hydrogen-bond acceptors (Lipinski definition) is 4. The largest absolute Gasteiger partial charge is 0.497 e. The van der Waals surface area contributed by atoms with E-state index in [-0.39, 0.29) is 6.04 Å². The van der Waals surface area contributed by atoms with Crippen molar-refractivity contribution in [3.05, 3.63) is 41.7 Å². The zero-order valence-corrected chi connectivity index (χ0v) is 12.5. The van der Waals surface area contributed by atoms with Gasteiger partial charge in [-0.1, -0.05) is 6.07 Å². The first-order chi connectivity index (χ1) is 9.56. The van der Waals surface area contributed by atoms with Crippen molar-refractivity contribution in [2.24, 2.45) is 12.8 Å². The molecule has 1 heterocycles. The molecule has 1 aromatic heterocycles. The predicted molar refractivity (Wildman–Crippen MR) is 81.1 cm³/mol. The molecule has 0 saturated carbocycles. The fourth-order valence-corrected chi connectivity index (χ4v) is 2.45. The number of ether oxygens (including phenoxy) is 1. The maximum Gasteiger partial charge on any atom is 0.120 e. The normalized spacial score (nSPS) is 12.2. The Balaban J connectivity index is 2.33. The van der Waals surface area contributed by atoms with Gasteiger partial charge in [-0.15, -0.1) is 0 Å². The first kappa shape index (κ1) is 14.4. The van der Waals surface area contributed by atoms with Gasteiger partial charge in [0.15, 0.2) is 0 Å². The topological polar surface area (TPSA) is 56.3 Å². The van der Waals surface area contributed by atoms with Crippen LogP contribution in [0.3, 0.4) is 0 Å². The van der Waals surface area contributed by atoms with Gasteiger partial charge in [0.05, 0.1) is 18.8 Å². The zero-order chi connectivity index (χ0) is 14.7. The third-order valence-corrected chi connectivity index (χ3v) is 3.56. The molecule has 0 amide bonds. The van der Waals surface area contributed by atoms with Crippen molar-refractivity contribution in [2.75, 3.05) is 25.6 Å². The number of benzene rings is 1. The molecule has 2 N–H and O–H groups in total. The molecule has 0 bridgehead atoms. The van der Waals surface area contributed by atoms with E-state index in [2.05, 4.69) is 16.1 Å². The summed E-state index contributed by atoms with van der Waals surface area (Å²) in [4.78, 5) is 2.16. The first-order valence-electron chi connectivity index (χ1n) is 6.64. The van der Waals surface area contributed by atoms with Crippen molar-refractivity contribution in [3.63, 3.8) is 0 Å². The number of methoxy groups -OCH3 is 1. The highest BCUT2D eigenvalue weighted by Crippen LogP contribution is 2.28. The molecule has 0 aliphatic rings. The second kappa shape index (κ2) is 5.96. The van der Waals surface area contributed by atoms with Crippen LogP contribution in [0.5, 0.6) is 5.75 Å². The molecular formula is C15H22N4O. The summed E-state index contributed by atoms with van der Waals surface area (Å²) in [6, 6.07) is 8.07. The lowest BCUT2D eigenvalue weighted by Gasteiger charge is -2.29. The quantitative estimate of drug-likeness (QED) is 0.904. The average Bonchev–Trinajstić information content (AvgIpc) is 2.78. The lowest BCUT2D eigenvalue weighted by atomic mass is 10.1. The Morgan fingerprint density at radius 2 is 2.20 bits per heavy atom. The summed E-state index contributed by atoms with van der Waals surface area (Å²) < 4.78 is 7.10. The standard InChI is InChI=1S/C15H22N4O/c1-11-14(10-18(2)17-11)15(9-16)19(3)12-6-5-7-13(8-12)20-4/h5-8,10,15H,9,16H2,1-4H3. The third-order valence-electron chi connectivity index (χ3n) is 3.56. The van der Waals surface area contributed by atoms with E-state index in [0.29, 0.717) is 6.54 Å². The van der Waals surface area contributed by atoms with E-state index in [1.165, 1.54) is 0 Å². The van der Waals surface area contributed by atoms with Gasteiger partial charge in [0.1, 0.15) is 5.75 Å². The molecule has 2 rings (SSSR count). The lowest BCUT2D eigenvalue weighted by molar-refractivity contribution is 0.414. The Hall–Kier alpha value is -2.01. The smallest absolute Gasteiger partial charge is 0.120 e. The summed E-state index contributed by atoms with van der Waals surface area (Å²) in [7, 11) is 5.64. The number of nitrogens with two attached hydrogens (primary N) is 1. The van der Waals surface area contributed by atoms with Gasteiger partial charge in [0.2, 0.25) is 0 Å². The summed E-state index contributed by atoms with van der Waals surface area (Å²) in [5.74, 6) is 0.841. The van der Waals surface area contributed by atoms with Gasteiger partial charge in [0.25, 0.3) is 0 Å². The minimum atomic E-state index is 0.0933. The van der Waals surface area contributed by atoms with Gasteiger partial charge in [-0.25, -0.2) is 0 Å². The van der Waals surface area contributed by atoms with Gasteiger partial charge in [-0.2, -0.15) is 5.10 Å². The summed E-state index contributed by atoms with van der Waals surface area (Å²) >= 11 is 0. The van der Waals surface area contributed by atoms with Crippen molar-refractivity contribution >= 4 is 5.69 Å². The fourth-order valence-electron chi connectivity index (χ4n) is 2.45. The minimum Gasteiger partial charge on any atom is -0.497 e. The Kier molecular flexibility index (Phi) is 4.29. The summed E-state index contributed by atoms with van der Waals surface area (Å²) in [6.07, 6.45) is 2.03. The van der Waals surface area contributed by atoms with Gasteiger partial charge in [0, 0.05) is 44.2 Å². The van der Waals surface area contributed by atoms with Crippen molar-refractivity contribution in [1.82, 2.24) is 9.78 Å². The van der Waals surface area contributed by atoms with Crippen molar-refractivity contribution < 1.29 is 4.74 Å². The van der Waals surface area contributed by atoms with Crippen LogP contribution in [0.25, 0.3) is 0 Å². The van der Waals surface area contributed by atoms with E-state index < -0.39 is 0 Å². The van der Waals surface area contributed by atoms with Crippen LogP contribution in [0, 0.1) is 6.92 Å². The molecule has 0 radical (unpaired) electrons. The molecule has 0 spiro atoms. The van der Waals surface area contributed by atoms with E-state index in [9.17, 15) is 0 Å². The molecule has 2 aromatic rings. The van der Waals surface area contributed by atoms with Crippen molar-refractivity contribution in [1.29, 1.82) is 0 Å². The second-order valence-corrected chi connectivity index (χ2v) is 4.91. The summed E-state index contributed by atoms with van der Waals surface area (Å²) in [6.45, 7) is 2.54. The molecule has 1 atom stereocenters. The molecule has 0 aliphatic heterocycles. The summed E-state index contributed by atoms with van der Waals surface area (Å²) in [5.41, 5.74) is 9.22. The number of anilines is 1. The Morgan fingerprint density at radius 3 is 2.75 bits per heavy atom. The van der Waals surface area contributed by atoms with Gasteiger partial charge in [-0.3, -0.25) is 4.68 Å². The molecule has 0 fully saturated rings. The third kappa shape index (κ3) is 2.77. The van der Waals surface area contributed by atoms with Crippen LogP contribution in [0.4, 0.5) is 5.69 Å². The van der Waals surface area contributed by atoms with Crippen LogP contribution in [0.15, 0.2) is 30.5 Å². The number of rotatable bonds is 5. The molecule has 0 aliphatic carbocycles. The van der Waals surface area contributed by atoms with Crippen molar-refractivity contribution in [2.45, 2.75) is 13.0 Å². The number of hydrogen-bond donors (Lipinski definition) is 1. The number of nitrogens with zero attached hydrogens (tertiary/aromatic N) is 3. The molecule has 1 aromatic carbocycles. The maximum atomic E-state index is 5.98. The Labute approximate surface area is 119 Å². The highest BCUT2D eigenvalue weighted by molar-refractivity contribution is 5.52. The molecule has 108 valence electrons. The van der Waals surface area contributed by atoms with Gasteiger partial charge in [-0.05, 0) is 19.1 Å². The highest BCUT2D eigenvalue weighted by atomic mass is 16.5. The van der Waals surface area contributed by atoms with Crippen LogP contribution in [-0.4, -0.2) is 30.5 Å². The van der Waals surface area contributed by atoms with E-state index >= 15 is 0 Å². The maximum absolute atomic E-state index is 5.98. The van der Waals surface area contributed by atoms with Crippen LogP contribution in [0.1, 0.15) is 17.3 Å². The van der Waals surface area contributed by atoms with E-state index in [4.69, 9.17) is 10.5 Å². The number of likely N-dealkylation sites (N-methyl/N-ethyl adjacent to an activating group) is 1. The van der Waals surface area contributed by atoms with Gasteiger partial charge >= 0.3 is 0 Å². The van der Waals surface area contributed by atoms with Crippen molar-refractivity contribution in [3.8, 4) is 5.75 Å². The molecule has 5 heteroatoms. The fraction of sp³-hybridized carbons (Fsp3) is 0.400. The number of aryl methyl sites for hydroxylation is 2. The van der Waals surface area contributed by atoms with E-state index in [1.807, 2.05) is 50.1 Å². The lowest BCUT2D eigenvalue weighted by Crippen LogP contribution is -2.30. The Morgan fingerprint density at radius 1 is 1.45 bits per heavy atom. The molecule has 5 nitrogen and oxygen atoms in total. The van der Waals surface area contributed by atoms with E-state index in [0.717, 1.165) is 22.7 Å². The molecule has 0 saturated heterocycles. The van der Waals surface area contributed by atoms with Crippen LogP contribution in [-0.2, 0) is 7.05 Å². The molecule has 20 heavy (non-hydrogen) atoms. The monoisotopic (exact) mass is 274 g/mol. The zero-order valence-electron chi connectivity index (χ0n) is 12.5. The SMILES string of the molecule is COc1cccc(N(C)C(CN)c2cn(C)nc2C)c1. The highest BCUT2D eigenvalue weighted by Gasteiger charge is 2.20. The first-order valence-corrected chi connectivity index (χ1v) is 6.64. The Bertz CT molecular complexity index is 579. The van der Waals surface area contributed by atoms with Crippen LogP contribution < -0.4 is 15.4 Å². The van der Waals surface area contributed by atoms with E-state index in [1.54, 1.807) is 7.11 Å². The average molecular weight is 274 g/mol. The predicted octanol–water partition coefficient (Wildman–Crippen LogP) is 1.87. The second-order valence-electron chi connectivity index (χ2n) is 4.91.